The van der Waals surface area contributed by atoms with Crippen LogP contribution in [0, 0.1) is 5.92 Å². The molecule has 0 radical (unpaired) electrons. The molecule has 1 N–H and O–H groups in total. The van der Waals surface area contributed by atoms with E-state index in [1.54, 1.807) is 0 Å². The van der Waals surface area contributed by atoms with E-state index in [4.69, 9.17) is 0 Å². The summed E-state index contributed by atoms with van der Waals surface area (Å²) in [6.07, 6.45) is 4.54. The Labute approximate surface area is 79.5 Å². The van der Waals surface area contributed by atoms with E-state index in [1.165, 1.54) is 5.56 Å². The van der Waals surface area contributed by atoms with Gasteiger partial charge in [0.05, 0.1) is 6.04 Å². The first kappa shape index (κ1) is 8.52. The van der Waals surface area contributed by atoms with Crippen molar-refractivity contribution in [3.8, 4) is 0 Å². The highest BCUT2D eigenvalue weighted by molar-refractivity contribution is 5.24. The van der Waals surface area contributed by atoms with Crippen LogP contribution in [0.1, 0.15) is 18.5 Å². The zero-order chi connectivity index (χ0) is 9.10. The van der Waals surface area contributed by atoms with E-state index in [0.717, 1.165) is 6.54 Å². The van der Waals surface area contributed by atoms with Crippen LogP contribution in [-0.2, 0) is 0 Å². The second-order valence-electron chi connectivity index (χ2n) is 3.66. The third kappa shape index (κ3) is 1.99. The Morgan fingerprint density at radius 2 is 1.92 bits per heavy atom. The van der Waals surface area contributed by atoms with Crippen molar-refractivity contribution in [1.29, 1.82) is 0 Å². The molecule has 68 valence electrons. The van der Waals surface area contributed by atoms with Crippen molar-refractivity contribution >= 4 is 0 Å². The first-order chi connectivity index (χ1) is 6.36. The Bertz CT molecular complexity index is 289. The zero-order valence-electron chi connectivity index (χ0n) is 7.90. The summed E-state index contributed by atoms with van der Waals surface area (Å²) in [6.45, 7) is 3.31. The Balaban J connectivity index is 2.15. The van der Waals surface area contributed by atoms with Gasteiger partial charge < -0.3 is 5.32 Å². The van der Waals surface area contributed by atoms with Crippen molar-refractivity contribution in [3.63, 3.8) is 0 Å². The van der Waals surface area contributed by atoms with Crippen molar-refractivity contribution in [1.82, 2.24) is 5.32 Å². The Morgan fingerprint density at radius 1 is 1.15 bits per heavy atom. The number of hydrogen-bond donors (Lipinski definition) is 1. The Hall–Kier alpha value is -1.08. The lowest BCUT2D eigenvalue weighted by molar-refractivity contribution is 0.522. The van der Waals surface area contributed by atoms with Gasteiger partial charge in [0.25, 0.3) is 0 Å². The fourth-order valence-corrected chi connectivity index (χ4v) is 1.64. The van der Waals surface area contributed by atoms with Crippen LogP contribution in [0.5, 0.6) is 0 Å². The van der Waals surface area contributed by atoms with Crippen molar-refractivity contribution in [2.75, 3.05) is 6.54 Å². The second-order valence-corrected chi connectivity index (χ2v) is 3.66. The van der Waals surface area contributed by atoms with E-state index >= 15 is 0 Å². The normalized spacial score (nSPS) is 27.5. The van der Waals surface area contributed by atoms with Gasteiger partial charge in [0.1, 0.15) is 0 Å². The molecule has 1 heterocycles. The van der Waals surface area contributed by atoms with Crippen LogP contribution in [0.25, 0.3) is 0 Å². The molecular weight excluding hydrogens is 158 g/mol. The van der Waals surface area contributed by atoms with E-state index in [-0.39, 0.29) is 0 Å². The monoisotopic (exact) mass is 173 g/mol. The number of rotatable bonds is 1. The summed E-state index contributed by atoms with van der Waals surface area (Å²) in [5, 5.41) is 3.50. The van der Waals surface area contributed by atoms with Crippen LogP contribution in [-0.4, -0.2) is 6.54 Å². The van der Waals surface area contributed by atoms with E-state index in [9.17, 15) is 0 Å². The molecular formula is C12H15N. The molecule has 0 spiro atoms. The van der Waals surface area contributed by atoms with Crippen molar-refractivity contribution in [3.05, 3.63) is 48.0 Å². The molecule has 1 aliphatic rings. The van der Waals surface area contributed by atoms with Gasteiger partial charge in [-0.2, -0.15) is 0 Å². The summed E-state index contributed by atoms with van der Waals surface area (Å²) in [4.78, 5) is 0. The maximum absolute atomic E-state index is 3.50. The zero-order valence-corrected chi connectivity index (χ0v) is 7.90. The first-order valence-electron chi connectivity index (χ1n) is 4.83. The van der Waals surface area contributed by atoms with E-state index in [2.05, 4.69) is 54.7 Å². The van der Waals surface area contributed by atoms with E-state index in [1.807, 2.05) is 0 Å². The molecule has 0 amide bonds. The van der Waals surface area contributed by atoms with Gasteiger partial charge in [-0.05, 0) is 11.5 Å². The molecule has 1 aromatic rings. The molecule has 13 heavy (non-hydrogen) atoms. The van der Waals surface area contributed by atoms with Crippen LogP contribution in [0.4, 0.5) is 0 Å². The molecule has 0 unspecified atom stereocenters. The molecule has 0 saturated heterocycles. The second kappa shape index (κ2) is 3.75. The maximum Gasteiger partial charge on any atom is 0.0506 e. The van der Waals surface area contributed by atoms with Gasteiger partial charge in [0, 0.05) is 6.54 Å². The van der Waals surface area contributed by atoms with Crippen molar-refractivity contribution < 1.29 is 0 Å². The Morgan fingerprint density at radius 3 is 2.54 bits per heavy atom. The largest absolute Gasteiger partial charge is 0.306 e. The van der Waals surface area contributed by atoms with Gasteiger partial charge in [0.15, 0.2) is 0 Å². The molecule has 2 rings (SSSR count). The Kier molecular flexibility index (Phi) is 2.46. The van der Waals surface area contributed by atoms with Gasteiger partial charge >= 0.3 is 0 Å². The minimum absolute atomic E-state index is 0.414. The van der Waals surface area contributed by atoms with Crippen LogP contribution >= 0.6 is 0 Å². The van der Waals surface area contributed by atoms with Gasteiger partial charge in [-0.25, -0.2) is 0 Å². The molecule has 0 aromatic heterocycles. The van der Waals surface area contributed by atoms with E-state index < -0.39 is 0 Å². The predicted octanol–water partition coefficient (Wildman–Crippen LogP) is 2.52. The van der Waals surface area contributed by atoms with Gasteiger partial charge in [-0.3, -0.25) is 0 Å². The quantitative estimate of drug-likeness (QED) is 0.643. The van der Waals surface area contributed by atoms with Crippen molar-refractivity contribution in [2.45, 2.75) is 13.0 Å². The number of hydrogen-bond acceptors (Lipinski definition) is 1. The summed E-state index contributed by atoms with van der Waals surface area (Å²) >= 11 is 0. The molecule has 2 atom stereocenters. The van der Waals surface area contributed by atoms with Crippen LogP contribution in [0.3, 0.4) is 0 Å². The number of nitrogens with one attached hydrogen (secondary N) is 1. The summed E-state index contributed by atoms with van der Waals surface area (Å²) in [7, 11) is 0. The number of benzene rings is 1. The smallest absolute Gasteiger partial charge is 0.0506 e. The lowest BCUT2D eigenvalue weighted by atomic mass is 9.99. The predicted molar refractivity (Wildman–Crippen MR) is 55.5 cm³/mol. The molecule has 1 heteroatoms. The van der Waals surface area contributed by atoms with Crippen molar-refractivity contribution in [2.24, 2.45) is 5.92 Å². The molecule has 1 aromatic carbocycles. The summed E-state index contributed by atoms with van der Waals surface area (Å²) < 4.78 is 0. The van der Waals surface area contributed by atoms with Crippen LogP contribution < -0.4 is 5.32 Å². The minimum Gasteiger partial charge on any atom is -0.306 e. The highest BCUT2D eigenvalue weighted by Gasteiger charge is 2.12. The average Bonchev–Trinajstić information content (AvgIpc) is 2.20. The van der Waals surface area contributed by atoms with Gasteiger partial charge in [-0.1, -0.05) is 49.4 Å². The lowest BCUT2D eigenvalue weighted by Crippen LogP contribution is -2.28. The standard InChI is InChI=1S/C12H15N/c1-10-7-8-12(13-9-10)11-5-3-2-4-6-11/h2-8,10,12-13H,9H2,1H3/t10-,12+/m0/s1. The van der Waals surface area contributed by atoms with Gasteiger partial charge in [0.2, 0.25) is 0 Å². The SMILES string of the molecule is C[C@H]1C=C[C@H](c2ccccc2)NC1. The topological polar surface area (TPSA) is 12.0 Å². The summed E-state index contributed by atoms with van der Waals surface area (Å²) in [6, 6.07) is 11.0. The molecule has 0 fully saturated rings. The fraction of sp³-hybridized carbons (Fsp3) is 0.333. The van der Waals surface area contributed by atoms with E-state index in [0.29, 0.717) is 12.0 Å². The third-order valence-corrected chi connectivity index (χ3v) is 2.45. The summed E-state index contributed by atoms with van der Waals surface area (Å²) in [5.74, 6) is 0.667. The molecule has 0 saturated carbocycles. The molecule has 0 aliphatic carbocycles. The summed E-state index contributed by atoms with van der Waals surface area (Å²) in [5.41, 5.74) is 1.35. The van der Waals surface area contributed by atoms with Crippen LogP contribution in [0.15, 0.2) is 42.5 Å². The highest BCUT2D eigenvalue weighted by atomic mass is 14.9. The van der Waals surface area contributed by atoms with Crippen LogP contribution in [0.2, 0.25) is 0 Å². The molecule has 0 bridgehead atoms. The van der Waals surface area contributed by atoms with Gasteiger partial charge in [-0.15, -0.1) is 0 Å². The fourth-order valence-electron chi connectivity index (χ4n) is 1.64. The lowest BCUT2D eigenvalue weighted by Gasteiger charge is -2.22. The maximum atomic E-state index is 3.50. The molecule has 1 aliphatic heterocycles. The molecule has 1 nitrogen and oxygen atoms in total. The highest BCUT2D eigenvalue weighted by Crippen LogP contribution is 2.18. The minimum atomic E-state index is 0.414. The first-order valence-corrected chi connectivity index (χ1v) is 4.83. The average molecular weight is 173 g/mol. The third-order valence-electron chi connectivity index (χ3n) is 2.45.